The Balaban J connectivity index is 1.94. The van der Waals surface area contributed by atoms with E-state index in [1.165, 1.54) is 44.2 Å². The Morgan fingerprint density at radius 2 is 2.00 bits per heavy atom. The van der Waals surface area contributed by atoms with Crippen molar-refractivity contribution in [2.24, 2.45) is 5.92 Å². The Morgan fingerprint density at radius 1 is 1.25 bits per heavy atom. The Hall–Kier alpha value is -0.850. The Kier molecular flexibility index (Phi) is 3.98. The normalized spacial score (nSPS) is 19.6. The third-order valence-corrected chi connectivity index (χ3v) is 3.83. The third kappa shape index (κ3) is 3.07. The van der Waals surface area contributed by atoms with E-state index in [0.29, 0.717) is 5.92 Å². The van der Waals surface area contributed by atoms with Crippen molar-refractivity contribution in [1.82, 2.24) is 4.98 Å². The summed E-state index contributed by atoms with van der Waals surface area (Å²) in [6, 6.07) is 6.40. The van der Waals surface area contributed by atoms with Crippen LogP contribution in [0.15, 0.2) is 18.2 Å². The first-order chi connectivity index (χ1) is 7.75. The van der Waals surface area contributed by atoms with Gasteiger partial charge in [-0.3, -0.25) is 4.98 Å². The molecule has 1 heterocycles. The molecule has 1 fully saturated rings. The summed E-state index contributed by atoms with van der Waals surface area (Å²) in [5, 5.41) is 0. The lowest BCUT2D eigenvalue weighted by Crippen LogP contribution is -2.10. The number of hydrogen-bond donors (Lipinski definition) is 0. The molecule has 1 saturated carbocycles. The van der Waals surface area contributed by atoms with Crippen LogP contribution in [0.3, 0.4) is 0 Å². The number of rotatable bonds is 3. The van der Waals surface area contributed by atoms with Gasteiger partial charge in [0.2, 0.25) is 0 Å². The van der Waals surface area contributed by atoms with Crippen molar-refractivity contribution in [1.29, 1.82) is 0 Å². The molecule has 0 bridgehead atoms. The smallest absolute Gasteiger partial charge is 0.0435 e. The Labute approximate surface area is 99.3 Å². The number of hydrogen-bond acceptors (Lipinski definition) is 1. The summed E-state index contributed by atoms with van der Waals surface area (Å²) in [7, 11) is 0. The van der Waals surface area contributed by atoms with E-state index in [2.05, 4.69) is 37.0 Å². The van der Waals surface area contributed by atoms with Crippen LogP contribution in [0.25, 0.3) is 0 Å². The maximum atomic E-state index is 4.64. The maximum absolute atomic E-state index is 4.64. The van der Waals surface area contributed by atoms with Gasteiger partial charge in [-0.2, -0.15) is 0 Å². The highest BCUT2D eigenvalue weighted by atomic mass is 14.7. The van der Waals surface area contributed by atoms with Crippen LogP contribution in [-0.4, -0.2) is 4.98 Å². The highest BCUT2D eigenvalue weighted by Gasteiger charge is 2.17. The summed E-state index contributed by atoms with van der Waals surface area (Å²) < 4.78 is 0. The summed E-state index contributed by atoms with van der Waals surface area (Å²) >= 11 is 0. The molecule has 16 heavy (non-hydrogen) atoms. The van der Waals surface area contributed by atoms with Gasteiger partial charge in [-0.1, -0.05) is 45.1 Å². The van der Waals surface area contributed by atoms with Crippen molar-refractivity contribution < 1.29 is 0 Å². The van der Waals surface area contributed by atoms with E-state index in [1.807, 2.05) is 0 Å². The zero-order valence-corrected chi connectivity index (χ0v) is 10.6. The average Bonchev–Trinajstić information content (AvgIpc) is 2.30. The molecular formula is C15H23N. The standard InChI is InChI=1S/C15H23N/c1-12(11-14-8-4-3-5-9-14)15-10-6-7-13(2)16-15/h6-7,10,12,14H,3-5,8-9,11H2,1-2H3. The van der Waals surface area contributed by atoms with Crippen LogP contribution in [0.4, 0.5) is 0 Å². The molecule has 2 rings (SSSR count). The molecule has 0 amide bonds. The number of aromatic nitrogens is 1. The predicted molar refractivity (Wildman–Crippen MR) is 68.6 cm³/mol. The van der Waals surface area contributed by atoms with Crippen LogP contribution in [0.1, 0.15) is 62.8 Å². The first-order valence-corrected chi connectivity index (χ1v) is 6.69. The molecule has 1 aromatic heterocycles. The van der Waals surface area contributed by atoms with Crippen LogP contribution >= 0.6 is 0 Å². The van der Waals surface area contributed by atoms with E-state index in [9.17, 15) is 0 Å². The van der Waals surface area contributed by atoms with Crippen LogP contribution in [0.2, 0.25) is 0 Å². The summed E-state index contributed by atoms with van der Waals surface area (Å²) in [6.07, 6.45) is 8.55. The lowest BCUT2D eigenvalue weighted by atomic mass is 9.82. The highest BCUT2D eigenvalue weighted by molar-refractivity contribution is 5.13. The van der Waals surface area contributed by atoms with Crippen LogP contribution in [0.5, 0.6) is 0 Å². The van der Waals surface area contributed by atoms with Crippen molar-refractivity contribution in [3.05, 3.63) is 29.6 Å². The number of nitrogens with zero attached hydrogens (tertiary/aromatic N) is 1. The molecule has 0 aromatic carbocycles. The molecule has 1 nitrogen and oxygen atoms in total. The van der Waals surface area contributed by atoms with Gasteiger partial charge in [0.1, 0.15) is 0 Å². The molecule has 1 unspecified atom stereocenters. The highest BCUT2D eigenvalue weighted by Crippen LogP contribution is 2.32. The molecule has 88 valence electrons. The largest absolute Gasteiger partial charge is 0.258 e. The summed E-state index contributed by atoms with van der Waals surface area (Å²) in [5.74, 6) is 1.58. The SMILES string of the molecule is Cc1cccc(C(C)CC2CCCCC2)n1. The van der Waals surface area contributed by atoms with Gasteiger partial charge < -0.3 is 0 Å². The monoisotopic (exact) mass is 217 g/mol. The number of pyridine rings is 1. The molecular weight excluding hydrogens is 194 g/mol. The predicted octanol–water partition coefficient (Wildman–Crippen LogP) is 4.46. The molecule has 0 radical (unpaired) electrons. The molecule has 1 heteroatoms. The van der Waals surface area contributed by atoms with E-state index >= 15 is 0 Å². The van der Waals surface area contributed by atoms with Crippen LogP contribution < -0.4 is 0 Å². The lowest BCUT2D eigenvalue weighted by molar-refractivity contribution is 0.321. The minimum absolute atomic E-state index is 0.628. The second-order valence-corrected chi connectivity index (χ2v) is 5.34. The third-order valence-electron chi connectivity index (χ3n) is 3.83. The Bertz CT molecular complexity index is 326. The zero-order chi connectivity index (χ0) is 11.4. The zero-order valence-electron chi connectivity index (χ0n) is 10.6. The quantitative estimate of drug-likeness (QED) is 0.728. The van der Waals surface area contributed by atoms with Gasteiger partial charge in [-0.25, -0.2) is 0 Å². The van der Waals surface area contributed by atoms with Crippen molar-refractivity contribution in [2.75, 3.05) is 0 Å². The molecule has 0 saturated heterocycles. The fraction of sp³-hybridized carbons (Fsp3) is 0.667. The van der Waals surface area contributed by atoms with E-state index in [-0.39, 0.29) is 0 Å². The molecule has 0 aliphatic heterocycles. The van der Waals surface area contributed by atoms with Gasteiger partial charge in [0.15, 0.2) is 0 Å². The minimum atomic E-state index is 0.628. The molecule has 1 aromatic rings. The van der Waals surface area contributed by atoms with Crippen molar-refractivity contribution >= 4 is 0 Å². The van der Waals surface area contributed by atoms with Crippen molar-refractivity contribution in [3.63, 3.8) is 0 Å². The second kappa shape index (κ2) is 5.47. The first kappa shape index (κ1) is 11.6. The molecule has 1 aliphatic carbocycles. The van der Waals surface area contributed by atoms with E-state index in [1.54, 1.807) is 0 Å². The maximum Gasteiger partial charge on any atom is 0.0435 e. The first-order valence-electron chi connectivity index (χ1n) is 6.69. The molecule has 0 spiro atoms. The molecule has 1 atom stereocenters. The second-order valence-electron chi connectivity index (χ2n) is 5.34. The topological polar surface area (TPSA) is 12.9 Å². The van der Waals surface area contributed by atoms with E-state index in [0.717, 1.165) is 11.6 Å². The van der Waals surface area contributed by atoms with Gasteiger partial charge in [-0.15, -0.1) is 0 Å². The summed E-state index contributed by atoms with van der Waals surface area (Å²) in [6.45, 7) is 4.41. The molecule has 0 N–H and O–H groups in total. The van der Waals surface area contributed by atoms with Gasteiger partial charge in [0, 0.05) is 11.4 Å². The minimum Gasteiger partial charge on any atom is -0.258 e. The van der Waals surface area contributed by atoms with Crippen molar-refractivity contribution in [3.8, 4) is 0 Å². The summed E-state index contributed by atoms with van der Waals surface area (Å²) in [5.41, 5.74) is 2.43. The van der Waals surface area contributed by atoms with Crippen LogP contribution in [0, 0.1) is 12.8 Å². The average molecular weight is 217 g/mol. The molecule has 1 aliphatic rings. The lowest BCUT2D eigenvalue weighted by Gasteiger charge is -2.24. The van der Waals surface area contributed by atoms with Gasteiger partial charge in [-0.05, 0) is 37.3 Å². The Morgan fingerprint density at radius 3 is 2.69 bits per heavy atom. The fourth-order valence-electron chi connectivity index (χ4n) is 2.88. The number of aryl methyl sites for hydroxylation is 1. The van der Waals surface area contributed by atoms with E-state index in [4.69, 9.17) is 0 Å². The van der Waals surface area contributed by atoms with Gasteiger partial charge >= 0.3 is 0 Å². The van der Waals surface area contributed by atoms with Crippen molar-refractivity contribution in [2.45, 2.75) is 58.3 Å². The van der Waals surface area contributed by atoms with Crippen LogP contribution in [-0.2, 0) is 0 Å². The van der Waals surface area contributed by atoms with Gasteiger partial charge in [0.05, 0.1) is 0 Å². The fourth-order valence-corrected chi connectivity index (χ4v) is 2.88. The van der Waals surface area contributed by atoms with E-state index < -0.39 is 0 Å². The summed E-state index contributed by atoms with van der Waals surface area (Å²) in [4.78, 5) is 4.64. The van der Waals surface area contributed by atoms with Gasteiger partial charge in [0.25, 0.3) is 0 Å².